The Bertz CT molecular complexity index is 198. The number of hydrogen-bond acceptors (Lipinski definition) is 3. The maximum Gasteiger partial charge on any atom is 0.192 e. The van der Waals surface area contributed by atoms with Gasteiger partial charge in [-0.2, -0.15) is 0 Å². The molecule has 0 aromatic heterocycles. The molecule has 3 nitrogen and oxygen atoms in total. The van der Waals surface area contributed by atoms with Crippen LogP contribution in [-0.4, -0.2) is 31.9 Å². The third-order valence-electron chi connectivity index (χ3n) is 3.93. The summed E-state index contributed by atoms with van der Waals surface area (Å²) in [5.41, 5.74) is 0. The second-order valence-electron chi connectivity index (χ2n) is 4.77. The lowest BCUT2D eigenvalue weighted by Gasteiger charge is -2.39. The van der Waals surface area contributed by atoms with E-state index in [9.17, 15) is 5.11 Å². The molecule has 0 aromatic carbocycles. The van der Waals surface area contributed by atoms with Gasteiger partial charge in [-0.25, -0.2) is 0 Å². The van der Waals surface area contributed by atoms with Crippen LogP contribution in [0.2, 0.25) is 18.1 Å². The Kier molecular flexibility index (Phi) is 5.44. The molecule has 1 rings (SSSR count). The molecule has 1 fully saturated rings. The van der Waals surface area contributed by atoms with Gasteiger partial charge in [0, 0.05) is 6.42 Å². The molecule has 0 spiro atoms. The molecular formula is C12H26O3Si. The zero-order chi connectivity index (χ0) is 12.2. The Morgan fingerprint density at radius 2 is 1.75 bits per heavy atom. The molecule has 0 bridgehead atoms. The number of aliphatic hydroxyl groups excluding tert-OH is 1. The number of hydrogen-bond donors (Lipinski definition) is 1. The van der Waals surface area contributed by atoms with Crippen molar-refractivity contribution < 1.29 is 14.3 Å². The molecule has 4 heteroatoms. The van der Waals surface area contributed by atoms with Gasteiger partial charge in [-0.05, 0) is 31.5 Å². The first kappa shape index (κ1) is 14.2. The highest BCUT2D eigenvalue weighted by atomic mass is 28.4. The highest BCUT2D eigenvalue weighted by molar-refractivity contribution is 6.73. The predicted octanol–water partition coefficient (Wildman–Crippen LogP) is 2.89. The van der Waals surface area contributed by atoms with Gasteiger partial charge >= 0.3 is 0 Å². The minimum atomic E-state index is -1.53. The van der Waals surface area contributed by atoms with Crippen molar-refractivity contribution in [3.8, 4) is 0 Å². The molecule has 3 atom stereocenters. The second-order valence-corrected chi connectivity index (χ2v) is 9.50. The number of rotatable bonds is 5. The largest absolute Gasteiger partial charge is 0.411 e. The third kappa shape index (κ3) is 3.29. The van der Waals surface area contributed by atoms with Gasteiger partial charge < -0.3 is 14.3 Å². The lowest BCUT2D eigenvalue weighted by Crippen LogP contribution is -2.47. The van der Waals surface area contributed by atoms with Crippen LogP contribution >= 0.6 is 0 Å². The summed E-state index contributed by atoms with van der Waals surface area (Å²) < 4.78 is 11.8. The summed E-state index contributed by atoms with van der Waals surface area (Å²) in [4.78, 5) is 0. The molecular weight excluding hydrogens is 220 g/mol. The third-order valence-corrected chi connectivity index (χ3v) is 8.60. The minimum absolute atomic E-state index is 0.0280. The van der Waals surface area contributed by atoms with Gasteiger partial charge in [0.05, 0.1) is 12.2 Å². The number of aliphatic hydroxyl groups is 1. The topological polar surface area (TPSA) is 38.7 Å². The Balaban J connectivity index is 2.57. The minimum Gasteiger partial charge on any atom is -0.411 e. The van der Waals surface area contributed by atoms with Crippen molar-refractivity contribution >= 4 is 8.32 Å². The molecule has 0 aliphatic carbocycles. The quantitative estimate of drug-likeness (QED) is 0.758. The highest BCUT2D eigenvalue weighted by Gasteiger charge is 2.36. The Morgan fingerprint density at radius 3 is 2.19 bits per heavy atom. The lowest BCUT2D eigenvalue weighted by molar-refractivity contribution is -0.189. The van der Waals surface area contributed by atoms with Crippen LogP contribution in [0.1, 0.15) is 40.5 Å². The Morgan fingerprint density at radius 1 is 1.19 bits per heavy atom. The van der Waals surface area contributed by atoms with Crippen molar-refractivity contribution in [3.05, 3.63) is 0 Å². The fraction of sp³-hybridized carbons (Fsp3) is 1.00. The maximum atomic E-state index is 9.40. The van der Waals surface area contributed by atoms with Gasteiger partial charge in [0.25, 0.3) is 0 Å². The van der Waals surface area contributed by atoms with Gasteiger partial charge in [0.15, 0.2) is 14.6 Å². The molecule has 16 heavy (non-hydrogen) atoms. The van der Waals surface area contributed by atoms with Crippen LogP contribution in [-0.2, 0) is 9.16 Å². The fourth-order valence-corrected chi connectivity index (χ4v) is 5.37. The van der Waals surface area contributed by atoms with Crippen molar-refractivity contribution in [2.45, 2.75) is 77.2 Å². The van der Waals surface area contributed by atoms with Crippen molar-refractivity contribution in [3.63, 3.8) is 0 Å². The summed E-state index contributed by atoms with van der Waals surface area (Å²) in [6.45, 7) is 8.72. The van der Waals surface area contributed by atoms with E-state index in [4.69, 9.17) is 9.16 Å². The van der Waals surface area contributed by atoms with Crippen LogP contribution in [0.4, 0.5) is 0 Å². The molecule has 0 saturated carbocycles. The molecule has 1 aliphatic rings. The average molecular weight is 246 g/mol. The molecule has 1 aliphatic heterocycles. The van der Waals surface area contributed by atoms with E-state index in [1.165, 1.54) is 18.1 Å². The van der Waals surface area contributed by atoms with Gasteiger partial charge in [0.1, 0.15) is 0 Å². The van der Waals surface area contributed by atoms with Crippen molar-refractivity contribution in [1.82, 2.24) is 0 Å². The van der Waals surface area contributed by atoms with E-state index in [2.05, 4.69) is 20.8 Å². The SMILES string of the molecule is CC[Si](CC)(CC)O[C@H]1CCC(O)O[C@H]1C. The molecule has 0 aromatic rings. The van der Waals surface area contributed by atoms with E-state index in [1.54, 1.807) is 0 Å². The summed E-state index contributed by atoms with van der Waals surface area (Å²) in [6.07, 6.45) is 1.26. The molecule has 1 saturated heterocycles. The smallest absolute Gasteiger partial charge is 0.192 e. The molecule has 1 heterocycles. The first-order valence-electron chi connectivity index (χ1n) is 6.58. The first-order chi connectivity index (χ1) is 7.56. The summed E-state index contributed by atoms with van der Waals surface area (Å²) in [7, 11) is -1.53. The van der Waals surface area contributed by atoms with Crippen LogP contribution in [0.15, 0.2) is 0 Å². The van der Waals surface area contributed by atoms with Crippen molar-refractivity contribution in [1.29, 1.82) is 0 Å². The first-order valence-corrected chi connectivity index (χ1v) is 9.11. The molecule has 96 valence electrons. The van der Waals surface area contributed by atoms with Gasteiger partial charge in [0.2, 0.25) is 0 Å². The fourth-order valence-electron chi connectivity index (χ4n) is 2.42. The van der Waals surface area contributed by atoms with Gasteiger partial charge in [-0.15, -0.1) is 0 Å². The highest BCUT2D eigenvalue weighted by Crippen LogP contribution is 2.29. The summed E-state index contributed by atoms with van der Waals surface area (Å²) >= 11 is 0. The number of ether oxygens (including phenoxy) is 1. The predicted molar refractivity (Wildman–Crippen MR) is 67.9 cm³/mol. The summed E-state index contributed by atoms with van der Waals surface area (Å²) in [5.74, 6) is 0. The molecule has 1 unspecified atom stereocenters. The summed E-state index contributed by atoms with van der Waals surface area (Å²) in [6, 6.07) is 3.52. The molecule has 1 N–H and O–H groups in total. The van der Waals surface area contributed by atoms with Crippen LogP contribution in [0, 0.1) is 0 Å². The van der Waals surface area contributed by atoms with Gasteiger partial charge in [-0.3, -0.25) is 0 Å². The normalized spacial score (nSPS) is 31.7. The van der Waals surface area contributed by atoms with Crippen LogP contribution < -0.4 is 0 Å². The average Bonchev–Trinajstić information content (AvgIpc) is 2.29. The summed E-state index contributed by atoms with van der Waals surface area (Å²) in [5, 5.41) is 9.40. The van der Waals surface area contributed by atoms with E-state index >= 15 is 0 Å². The van der Waals surface area contributed by atoms with E-state index in [0.717, 1.165) is 6.42 Å². The zero-order valence-electron chi connectivity index (χ0n) is 11.0. The maximum absolute atomic E-state index is 9.40. The van der Waals surface area contributed by atoms with E-state index in [-0.39, 0.29) is 12.2 Å². The standard InChI is InChI=1S/C12H26O3Si/c1-5-16(6-2,7-3)15-11-8-9-12(13)14-10(11)4/h10-13H,5-9H2,1-4H3/t10-,11-,12?/m0/s1. The van der Waals surface area contributed by atoms with E-state index in [1.807, 2.05) is 6.92 Å². The lowest BCUT2D eigenvalue weighted by atomic mass is 10.1. The van der Waals surface area contributed by atoms with Crippen molar-refractivity contribution in [2.75, 3.05) is 0 Å². The second kappa shape index (κ2) is 6.14. The Labute approximate surface area is 100 Å². The monoisotopic (exact) mass is 246 g/mol. The van der Waals surface area contributed by atoms with E-state index in [0.29, 0.717) is 6.42 Å². The van der Waals surface area contributed by atoms with E-state index < -0.39 is 14.6 Å². The van der Waals surface area contributed by atoms with Crippen LogP contribution in [0.5, 0.6) is 0 Å². The van der Waals surface area contributed by atoms with Crippen molar-refractivity contribution in [2.24, 2.45) is 0 Å². The molecule has 0 radical (unpaired) electrons. The Hall–Kier alpha value is 0.0969. The zero-order valence-corrected chi connectivity index (χ0v) is 12.0. The van der Waals surface area contributed by atoms with Crippen LogP contribution in [0.25, 0.3) is 0 Å². The van der Waals surface area contributed by atoms with Crippen LogP contribution in [0.3, 0.4) is 0 Å². The van der Waals surface area contributed by atoms with Gasteiger partial charge in [-0.1, -0.05) is 20.8 Å². The molecule has 0 amide bonds.